The van der Waals surface area contributed by atoms with Crippen molar-refractivity contribution in [1.82, 2.24) is 19.7 Å². The Morgan fingerprint density at radius 3 is 2.23 bits per heavy atom. The molecule has 3 aromatic rings. The molecule has 0 spiro atoms. The van der Waals surface area contributed by atoms with Crippen molar-refractivity contribution in [3.05, 3.63) is 82.2 Å². The molecule has 218 valence electrons. The van der Waals surface area contributed by atoms with E-state index >= 15 is 0 Å². The van der Waals surface area contributed by atoms with Gasteiger partial charge in [-0.05, 0) is 29.7 Å². The zero-order chi connectivity index (χ0) is 28.7. The summed E-state index contributed by atoms with van der Waals surface area (Å²) in [6.07, 6.45) is -11.1. The maximum absolute atomic E-state index is 14.0. The molecule has 2 heterocycles. The van der Waals surface area contributed by atoms with Crippen molar-refractivity contribution in [2.24, 2.45) is 5.73 Å². The van der Waals surface area contributed by atoms with E-state index < -0.39 is 85.0 Å². The van der Waals surface area contributed by atoms with Crippen molar-refractivity contribution in [2.75, 3.05) is 6.54 Å². The van der Waals surface area contributed by atoms with E-state index in [1.807, 2.05) is 0 Å². The molecule has 40 heavy (non-hydrogen) atoms. The summed E-state index contributed by atoms with van der Waals surface area (Å²) in [5, 5.41) is 6.72. The van der Waals surface area contributed by atoms with Crippen LogP contribution in [0.25, 0.3) is 0 Å². The summed E-state index contributed by atoms with van der Waals surface area (Å²) in [7, 11) is 0. The van der Waals surface area contributed by atoms with Gasteiger partial charge in [0.15, 0.2) is 17.5 Å². The van der Waals surface area contributed by atoms with Crippen LogP contribution in [0.1, 0.15) is 40.8 Å². The third-order valence-electron chi connectivity index (χ3n) is 6.34. The standard InChI is InChI=1S/C24H20F9N5O.ClH/c25-16-11-18(27)17(26)8-13(16)7-14(34)10-20(39)37-5-6-38-21(35-36-22(38)24(31,32)33)19(37)9-12-3-1-2-4-15(12)23(28,29)30;/h1-4,8,11,14,19H,5-7,9-10,34H2;1H/t14-,19?;/m1./s1. The first-order valence-electron chi connectivity index (χ1n) is 11.5. The predicted molar refractivity (Wildman–Crippen MR) is 124 cm³/mol. The van der Waals surface area contributed by atoms with Crippen LogP contribution in [0.2, 0.25) is 0 Å². The molecule has 0 fully saturated rings. The Kier molecular flexibility index (Phi) is 9.09. The van der Waals surface area contributed by atoms with Gasteiger partial charge < -0.3 is 15.2 Å². The SMILES string of the molecule is Cl.N[C@@H](CC(=O)N1CCn2c(nnc2C(F)(F)F)C1Cc1ccccc1C(F)(F)F)Cc1cc(F)c(F)cc1F. The quantitative estimate of drug-likeness (QED) is 0.310. The molecule has 2 N–H and O–H groups in total. The Balaban J connectivity index is 0.00000441. The van der Waals surface area contributed by atoms with Crippen LogP contribution in [0.15, 0.2) is 36.4 Å². The third kappa shape index (κ3) is 6.52. The van der Waals surface area contributed by atoms with Crippen LogP contribution in [0.3, 0.4) is 0 Å². The number of carbonyl (C=O) groups is 1. The first-order valence-corrected chi connectivity index (χ1v) is 11.5. The lowest BCUT2D eigenvalue weighted by molar-refractivity contribution is -0.148. The van der Waals surface area contributed by atoms with Crippen LogP contribution in [-0.4, -0.2) is 38.2 Å². The normalized spacial score (nSPS) is 16.4. The number of aromatic nitrogens is 3. The first-order chi connectivity index (χ1) is 18.2. The molecule has 0 radical (unpaired) electrons. The number of halogens is 10. The fourth-order valence-electron chi connectivity index (χ4n) is 4.59. The van der Waals surface area contributed by atoms with Crippen molar-refractivity contribution in [3.8, 4) is 0 Å². The molecule has 2 atom stereocenters. The molecule has 1 aliphatic rings. The third-order valence-corrected chi connectivity index (χ3v) is 6.34. The summed E-state index contributed by atoms with van der Waals surface area (Å²) < 4.78 is 123. The molecule has 0 saturated carbocycles. The van der Waals surface area contributed by atoms with Crippen molar-refractivity contribution >= 4 is 18.3 Å². The maximum Gasteiger partial charge on any atom is 0.451 e. The van der Waals surface area contributed by atoms with Crippen molar-refractivity contribution < 1.29 is 44.3 Å². The molecular formula is C24H21ClF9N5O. The van der Waals surface area contributed by atoms with Gasteiger partial charge in [0, 0.05) is 38.0 Å². The average molecular weight is 602 g/mol. The predicted octanol–water partition coefficient (Wildman–Crippen LogP) is 5.24. The van der Waals surface area contributed by atoms with Gasteiger partial charge in [-0.3, -0.25) is 4.79 Å². The molecule has 0 bridgehead atoms. The van der Waals surface area contributed by atoms with E-state index in [0.29, 0.717) is 16.7 Å². The molecule has 4 rings (SSSR count). The lowest BCUT2D eigenvalue weighted by atomic mass is 9.96. The largest absolute Gasteiger partial charge is 0.451 e. The Morgan fingerprint density at radius 1 is 0.925 bits per heavy atom. The van der Waals surface area contributed by atoms with Crippen molar-refractivity contribution in [3.63, 3.8) is 0 Å². The highest BCUT2D eigenvalue weighted by Crippen LogP contribution is 2.38. The molecule has 1 unspecified atom stereocenters. The van der Waals surface area contributed by atoms with Gasteiger partial charge in [0.05, 0.1) is 11.6 Å². The van der Waals surface area contributed by atoms with E-state index in [1.54, 1.807) is 0 Å². The van der Waals surface area contributed by atoms with Crippen LogP contribution >= 0.6 is 12.4 Å². The molecule has 1 aliphatic heterocycles. The molecule has 2 aromatic carbocycles. The Bertz CT molecular complexity index is 1380. The number of hydrogen-bond donors (Lipinski definition) is 1. The first kappa shape index (κ1) is 31.2. The van der Waals surface area contributed by atoms with Crippen LogP contribution < -0.4 is 5.73 Å². The minimum absolute atomic E-state index is 0. The smallest absolute Gasteiger partial charge is 0.330 e. The topological polar surface area (TPSA) is 77.0 Å². The molecule has 16 heteroatoms. The van der Waals surface area contributed by atoms with Crippen molar-refractivity contribution in [1.29, 1.82) is 0 Å². The summed E-state index contributed by atoms with van der Waals surface area (Å²) in [6.45, 7) is -0.731. The minimum Gasteiger partial charge on any atom is -0.330 e. The second-order valence-electron chi connectivity index (χ2n) is 9.02. The number of nitrogens with zero attached hydrogens (tertiary/aromatic N) is 4. The summed E-state index contributed by atoms with van der Waals surface area (Å²) in [5.74, 6) is -6.32. The highest BCUT2D eigenvalue weighted by molar-refractivity contribution is 5.85. The monoisotopic (exact) mass is 601 g/mol. The number of hydrogen-bond acceptors (Lipinski definition) is 4. The molecular weight excluding hydrogens is 581 g/mol. The summed E-state index contributed by atoms with van der Waals surface area (Å²) in [6, 6.07) is 2.83. The zero-order valence-corrected chi connectivity index (χ0v) is 21.1. The Morgan fingerprint density at radius 2 is 1.57 bits per heavy atom. The highest BCUT2D eigenvalue weighted by atomic mass is 35.5. The average Bonchev–Trinajstić information content (AvgIpc) is 3.27. The van der Waals surface area contributed by atoms with Gasteiger partial charge in [-0.2, -0.15) is 26.3 Å². The number of amides is 1. The van der Waals surface area contributed by atoms with Gasteiger partial charge in [0.25, 0.3) is 0 Å². The van der Waals surface area contributed by atoms with Crippen LogP contribution in [0.5, 0.6) is 0 Å². The number of carbonyl (C=O) groups excluding carboxylic acids is 1. The second kappa shape index (κ2) is 11.6. The zero-order valence-electron chi connectivity index (χ0n) is 20.2. The van der Waals surface area contributed by atoms with E-state index in [4.69, 9.17) is 5.73 Å². The molecule has 0 saturated heterocycles. The number of benzene rings is 2. The van der Waals surface area contributed by atoms with Crippen LogP contribution in [0, 0.1) is 17.5 Å². The van der Waals surface area contributed by atoms with Gasteiger partial charge in [-0.15, -0.1) is 22.6 Å². The van der Waals surface area contributed by atoms with Crippen LogP contribution in [-0.2, 0) is 36.5 Å². The van der Waals surface area contributed by atoms with E-state index in [2.05, 4.69) is 10.2 Å². The van der Waals surface area contributed by atoms with Gasteiger partial charge in [-0.1, -0.05) is 18.2 Å². The molecule has 1 amide bonds. The Labute approximate surface area is 227 Å². The van der Waals surface area contributed by atoms with Gasteiger partial charge >= 0.3 is 12.4 Å². The lowest BCUT2D eigenvalue weighted by Crippen LogP contribution is -2.46. The molecule has 1 aromatic heterocycles. The van der Waals surface area contributed by atoms with Gasteiger partial charge in [-0.25, -0.2) is 13.2 Å². The Hall–Kier alpha value is -3.33. The second-order valence-corrected chi connectivity index (χ2v) is 9.02. The summed E-state index contributed by atoms with van der Waals surface area (Å²) in [4.78, 5) is 14.3. The van der Waals surface area contributed by atoms with Gasteiger partial charge in [0.2, 0.25) is 11.7 Å². The van der Waals surface area contributed by atoms with Gasteiger partial charge in [0.1, 0.15) is 5.82 Å². The van der Waals surface area contributed by atoms with E-state index in [0.717, 1.165) is 23.1 Å². The summed E-state index contributed by atoms with van der Waals surface area (Å²) in [5.41, 5.74) is 4.32. The fourth-order valence-corrected chi connectivity index (χ4v) is 4.59. The fraction of sp³-hybridized carbons (Fsp3) is 0.375. The molecule has 0 aliphatic carbocycles. The minimum atomic E-state index is -4.90. The maximum atomic E-state index is 14.0. The number of nitrogens with two attached hydrogens (primary N) is 1. The van der Waals surface area contributed by atoms with Crippen molar-refractivity contribution in [2.45, 2.75) is 50.2 Å². The van der Waals surface area contributed by atoms with E-state index in [9.17, 15) is 44.3 Å². The molecule has 6 nitrogen and oxygen atoms in total. The van der Waals surface area contributed by atoms with Crippen LogP contribution in [0.4, 0.5) is 39.5 Å². The van der Waals surface area contributed by atoms with E-state index in [-0.39, 0.29) is 35.9 Å². The number of fused-ring (bicyclic) bond motifs is 1. The number of rotatable bonds is 6. The highest BCUT2D eigenvalue weighted by Gasteiger charge is 2.43. The number of alkyl halides is 6. The van der Waals surface area contributed by atoms with E-state index in [1.165, 1.54) is 6.07 Å². The summed E-state index contributed by atoms with van der Waals surface area (Å²) >= 11 is 0. The lowest BCUT2D eigenvalue weighted by Gasteiger charge is -2.37.